The van der Waals surface area contributed by atoms with Crippen LogP contribution in [0.2, 0.25) is 0 Å². The van der Waals surface area contributed by atoms with Gasteiger partial charge < -0.3 is 0 Å². The van der Waals surface area contributed by atoms with Crippen LogP contribution in [0, 0.1) is 0 Å². The van der Waals surface area contributed by atoms with Gasteiger partial charge in [0.25, 0.3) is 0 Å². The van der Waals surface area contributed by atoms with Gasteiger partial charge in [0.1, 0.15) is 0 Å². The first-order valence-electron chi connectivity index (χ1n) is 5.18. The number of hydrogen-bond donors (Lipinski definition) is 0. The molecule has 16 heavy (non-hydrogen) atoms. The Bertz CT molecular complexity index is 453. The molecule has 1 aliphatic rings. The molecule has 2 rings (SSSR count). The molecule has 0 fully saturated rings. The summed E-state index contributed by atoms with van der Waals surface area (Å²) < 4.78 is 0. The molecule has 1 aromatic rings. The molecule has 0 saturated heterocycles. The van der Waals surface area contributed by atoms with Gasteiger partial charge in [-0.05, 0) is 39.5 Å². The summed E-state index contributed by atoms with van der Waals surface area (Å²) in [6.07, 6.45) is 4.33. The highest BCUT2D eigenvalue weighted by molar-refractivity contribution is 9.11. The van der Waals surface area contributed by atoms with E-state index >= 15 is 0 Å². The molecule has 82 valence electrons. The normalized spacial score (nSPS) is 21.2. The van der Waals surface area contributed by atoms with Crippen molar-refractivity contribution in [3.8, 4) is 0 Å². The van der Waals surface area contributed by atoms with E-state index in [1.807, 2.05) is 16.0 Å². The molecule has 1 aliphatic carbocycles. The van der Waals surface area contributed by atoms with Gasteiger partial charge in [0, 0.05) is 0 Å². The lowest BCUT2D eigenvalue weighted by molar-refractivity contribution is 1.05. The van der Waals surface area contributed by atoms with Crippen molar-refractivity contribution in [1.82, 2.24) is 0 Å². The molecular formula is C14H12Br2. The van der Waals surface area contributed by atoms with Crippen LogP contribution >= 0.6 is 31.9 Å². The molecule has 0 bridgehead atoms. The monoisotopic (exact) mass is 338 g/mol. The Morgan fingerprint density at radius 2 is 1.75 bits per heavy atom. The third kappa shape index (κ3) is 2.55. The van der Waals surface area contributed by atoms with E-state index in [-0.39, 0.29) is 0 Å². The maximum Gasteiger partial charge on any atom is -0.00445 e. The van der Waals surface area contributed by atoms with E-state index in [1.54, 1.807) is 0 Å². The minimum Gasteiger partial charge on any atom is -0.0722 e. The first kappa shape index (κ1) is 11.9. The predicted molar refractivity (Wildman–Crippen MR) is 77.7 cm³/mol. The zero-order valence-corrected chi connectivity index (χ0v) is 12.0. The zero-order chi connectivity index (χ0) is 11.4. The second-order valence-electron chi connectivity index (χ2n) is 3.77. The molecular weight excluding hydrogens is 328 g/mol. The molecule has 0 heterocycles. The predicted octanol–water partition coefficient (Wildman–Crippen LogP) is 5.42. The largest absolute Gasteiger partial charge is 0.0722 e. The fourth-order valence-electron chi connectivity index (χ4n) is 1.88. The van der Waals surface area contributed by atoms with Crippen LogP contribution in [0.4, 0.5) is 0 Å². The van der Waals surface area contributed by atoms with Crippen LogP contribution in [0.25, 0.3) is 5.57 Å². The Balaban J connectivity index is 2.38. The summed E-state index contributed by atoms with van der Waals surface area (Å²) >= 11 is 6.87. The summed E-state index contributed by atoms with van der Waals surface area (Å²) in [6, 6.07) is 10.5. The first-order valence-corrected chi connectivity index (χ1v) is 7.01. The van der Waals surface area contributed by atoms with Crippen molar-refractivity contribution in [2.24, 2.45) is 0 Å². The second kappa shape index (κ2) is 5.65. The quantitative estimate of drug-likeness (QED) is 0.640. The fourth-order valence-corrected chi connectivity index (χ4v) is 2.63. The van der Waals surface area contributed by atoms with Crippen molar-refractivity contribution in [3.63, 3.8) is 0 Å². The van der Waals surface area contributed by atoms with Gasteiger partial charge in [-0.3, -0.25) is 0 Å². The molecule has 0 spiro atoms. The van der Waals surface area contributed by atoms with Crippen molar-refractivity contribution in [3.05, 3.63) is 63.1 Å². The Morgan fingerprint density at radius 3 is 2.38 bits per heavy atom. The molecule has 0 radical (unpaired) electrons. The number of allylic oxidation sites excluding steroid dienone is 4. The molecule has 0 N–H and O–H groups in total. The van der Waals surface area contributed by atoms with Gasteiger partial charge >= 0.3 is 0 Å². The summed E-state index contributed by atoms with van der Waals surface area (Å²) in [6.45, 7) is 0. The SMILES string of the molecule is BrC=C1CC=C(c2ccccc2)C(=CBr)C1. The summed E-state index contributed by atoms with van der Waals surface area (Å²) in [5.74, 6) is 0. The van der Waals surface area contributed by atoms with Gasteiger partial charge in [-0.1, -0.05) is 73.8 Å². The Kier molecular flexibility index (Phi) is 4.19. The van der Waals surface area contributed by atoms with Gasteiger partial charge in [0.2, 0.25) is 0 Å². The molecule has 0 aliphatic heterocycles. The van der Waals surface area contributed by atoms with Crippen molar-refractivity contribution < 1.29 is 0 Å². The summed E-state index contributed by atoms with van der Waals surface area (Å²) in [5.41, 5.74) is 5.38. The van der Waals surface area contributed by atoms with Gasteiger partial charge in [0.15, 0.2) is 0 Å². The van der Waals surface area contributed by atoms with Crippen molar-refractivity contribution in [2.75, 3.05) is 0 Å². The molecule has 0 nitrogen and oxygen atoms in total. The van der Waals surface area contributed by atoms with Crippen LogP contribution in [-0.2, 0) is 0 Å². The Labute approximate surface area is 113 Å². The topological polar surface area (TPSA) is 0 Å². The van der Waals surface area contributed by atoms with Crippen LogP contribution in [0.1, 0.15) is 18.4 Å². The second-order valence-corrected chi connectivity index (χ2v) is 4.68. The molecule has 0 saturated carbocycles. The highest BCUT2D eigenvalue weighted by Crippen LogP contribution is 2.35. The van der Waals surface area contributed by atoms with Crippen molar-refractivity contribution in [1.29, 1.82) is 0 Å². The van der Waals surface area contributed by atoms with E-state index in [0.29, 0.717) is 0 Å². The Morgan fingerprint density at radius 1 is 1.00 bits per heavy atom. The molecule has 0 atom stereocenters. The van der Waals surface area contributed by atoms with E-state index in [4.69, 9.17) is 0 Å². The highest BCUT2D eigenvalue weighted by Gasteiger charge is 2.14. The standard InChI is InChI=1S/C14H12Br2/c15-9-11-6-7-14(13(8-11)10-16)12-4-2-1-3-5-12/h1-5,7,9-10H,6,8H2. The van der Waals surface area contributed by atoms with E-state index < -0.39 is 0 Å². The molecule has 2 heteroatoms. The number of rotatable bonds is 1. The first-order chi connectivity index (χ1) is 7.85. The van der Waals surface area contributed by atoms with Crippen LogP contribution in [0.3, 0.4) is 0 Å². The van der Waals surface area contributed by atoms with Crippen LogP contribution < -0.4 is 0 Å². The van der Waals surface area contributed by atoms with E-state index in [2.05, 4.69) is 62.2 Å². The smallest absolute Gasteiger partial charge is 0.00445 e. The van der Waals surface area contributed by atoms with Crippen molar-refractivity contribution >= 4 is 37.4 Å². The Hall–Kier alpha value is -0.600. The van der Waals surface area contributed by atoms with E-state index in [0.717, 1.165) is 12.8 Å². The average molecular weight is 340 g/mol. The van der Waals surface area contributed by atoms with Gasteiger partial charge in [-0.15, -0.1) is 0 Å². The number of benzene rings is 1. The highest BCUT2D eigenvalue weighted by atomic mass is 79.9. The zero-order valence-electron chi connectivity index (χ0n) is 8.79. The fraction of sp³-hybridized carbons (Fsp3) is 0.143. The number of halogens is 2. The lowest BCUT2D eigenvalue weighted by Crippen LogP contribution is -1.98. The average Bonchev–Trinajstić information content (AvgIpc) is 2.39. The van der Waals surface area contributed by atoms with E-state index in [9.17, 15) is 0 Å². The molecule has 0 aromatic heterocycles. The van der Waals surface area contributed by atoms with Crippen LogP contribution in [-0.4, -0.2) is 0 Å². The van der Waals surface area contributed by atoms with Crippen molar-refractivity contribution in [2.45, 2.75) is 12.8 Å². The summed E-state index contributed by atoms with van der Waals surface area (Å²) in [4.78, 5) is 4.06. The van der Waals surface area contributed by atoms with Crippen LogP contribution in [0.15, 0.2) is 57.5 Å². The minimum atomic E-state index is 1.01. The lowest BCUT2D eigenvalue weighted by atomic mass is 9.87. The van der Waals surface area contributed by atoms with E-state index in [1.165, 1.54) is 22.3 Å². The van der Waals surface area contributed by atoms with Crippen LogP contribution in [0.5, 0.6) is 0 Å². The molecule has 0 amide bonds. The number of hydrogen-bond acceptors (Lipinski definition) is 0. The van der Waals surface area contributed by atoms with Gasteiger partial charge in [0.05, 0.1) is 0 Å². The maximum absolute atomic E-state index is 3.46. The lowest BCUT2D eigenvalue weighted by Gasteiger charge is -2.18. The third-order valence-corrected chi connectivity index (χ3v) is 3.90. The van der Waals surface area contributed by atoms with Gasteiger partial charge in [-0.2, -0.15) is 0 Å². The third-order valence-electron chi connectivity index (χ3n) is 2.70. The molecule has 0 unspecified atom stereocenters. The molecule has 1 aromatic carbocycles. The van der Waals surface area contributed by atoms with Gasteiger partial charge in [-0.25, -0.2) is 0 Å². The summed E-state index contributed by atoms with van der Waals surface area (Å²) in [7, 11) is 0. The maximum atomic E-state index is 3.46. The minimum absolute atomic E-state index is 1.01. The summed E-state index contributed by atoms with van der Waals surface area (Å²) in [5, 5.41) is 0.